The average molecular weight is 284 g/mol. The van der Waals surface area contributed by atoms with E-state index in [0.29, 0.717) is 12.2 Å². The predicted molar refractivity (Wildman–Crippen MR) is 76.8 cm³/mol. The van der Waals surface area contributed by atoms with E-state index in [1.807, 2.05) is 47.3 Å². The van der Waals surface area contributed by atoms with Gasteiger partial charge in [0.2, 0.25) is 0 Å². The summed E-state index contributed by atoms with van der Waals surface area (Å²) in [4.78, 5) is 20.5. The van der Waals surface area contributed by atoms with Crippen molar-refractivity contribution < 1.29 is 4.79 Å². The van der Waals surface area contributed by atoms with Crippen molar-refractivity contribution in [1.82, 2.24) is 19.9 Å². The van der Waals surface area contributed by atoms with Crippen LogP contribution in [0.15, 0.2) is 54.3 Å². The lowest BCUT2D eigenvalue weighted by Gasteiger charge is -2.02. The molecule has 100 valence electrons. The van der Waals surface area contributed by atoms with Crippen molar-refractivity contribution in [2.24, 2.45) is 0 Å². The quantitative estimate of drug-likeness (QED) is 0.799. The van der Waals surface area contributed by atoms with Crippen LogP contribution in [0.1, 0.15) is 16.2 Å². The monoisotopic (exact) mass is 284 g/mol. The van der Waals surface area contributed by atoms with Crippen molar-refractivity contribution >= 4 is 17.2 Å². The van der Waals surface area contributed by atoms with Crippen molar-refractivity contribution in [3.05, 3.63) is 65.7 Å². The second-order valence-corrected chi connectivity index (χ2v) is 4.95. The van der Waals surface area contributed by atoms with Crippen LogP contribution < -0.4 is 5.32 Å². The lowest BCUT2D eigenvalue weighted by molar-refractivity contribution is 0.0946. The van der Waals surface area contributed by atoms with Gasteiger partial charge in [0.05, 0.1) is 12.2 Å². The van der Waals surface area contributed by atoms with Gasteiger partial charge < -0.3 is 9.88 Å². The van der Waals surface area contributed by atoms with Crippen LogP contribution in [0.2, 0.25) is 0 Å². The van der Waals surface area contributed by atoms with E-state index in [1.165, 1.54) is 11.3 Å². The number of hydrogen-bond donors (Lipinski definition) is 1. The van der Waals surface area contributed by atoms with Crippen LogP contribution in [0.25, 0.3) is 5.13 Å². The summed E-state index contributed by atoms with van der Waals surface area (Å²) in [6, 6.07) is 9.44. The summed E-state index contributed by atoms with van der Waals surface area (Å²) in [5.74, 6) is -0.190. The first-order valence-electron chi connectivity index (χ1n) is 6.10. The van der Waals surface area contributed by atoms with E-state index >= 15 is 0 Å². The number of nitrogens with zero attached hydrogens (tertiary/aromatic N) is 3. The highest BCUT2D eigenvalue weighted by Gasteiger charge is 2.11. The summed E-state index contributed by atoms with van der Waals surface area (Å²) < 4.78 is 1.88. The van der Waals surface area contributed by atoms with Gasteiger partial charge in [0.1, 0.15) is 5.69 Å². The van der Waals surface area contributed by atoms with Gasteiger partial charge in [-0.15, -0.1) is 11.3 Å². The molecule has 0 atom stereocenters. The molecule has 0 fully saturated rings. The Balaban J connectivity index is 1.66. The number of pyridine rings is 1. The Morgan fingerprint density at radius 3 is 2.85 bits per heavy atom. The van der Waals surface area contributed by atoms with Crippen LogP contribution in [0.3, 0.4) is 0 Å². The van der Waals surface area contributed by atoms with E-state index < -0.39 is 0 Å². The molecule has 3 aromatic rings. The van der Waals surface area contributed by atoms with Gasteiger partial charge in [0.25, 0.3) is 5.91 Å². The van der Waals surface area contributed by atoms with Crippen LogP contribution in [-0.2, 0) is 6.54 Å². The largest absolute Gasteiger partial charge is 0.345 e. The van der Waals surface area contributed by atoms with Crippen LogP contribution in [0.5, 0.6) is 0 Å². The van der Waals surface area contributed by atoms with Crippen LogP contribution in [-0.4, -0.2) is 20.4 Å². The summed E-state index contributed by atoms with van der Waals surface area (Å²) in [5.41, 5.74) is 1.25. The molecule has 0 aliphatic carbocycles. The molecular formula is C14H12N4OS. The van der Waals surface area contributed by atoms with Crippen molar-refractivity contribution in [2.45, 2.75) is 6.54 Å². The molecule has 0 bridgehead atoms. The van der Waals surface area contributed by atoms with Gasteiger partial charge in [0.15, 0.2) is 5.13 Å². The molecule has 0 radical (unpaired) electrons. The van der Waals surface area contributed by atoms with Gasteiger partial charge in [-0.2, -0.15) is 0 Å². The molecule has 0 saturated carbocycles. The summed E-state index contributed by atoms with van der Waals surface area (Å²) in [6.07, 6.45) is 5.50. The van der Waals surface area contributed by atoms with E-state index in [1.54, 1.807) is 11.6 Å². The summed E-state index contributed by atoms with van der Waals surface area (Å²) in [7, 11) is 0. The van der Waals surface area contributed by atoms with Gasteiger partial charge >= 0.3 is 0 Å². The van der Waals surface area contributed by atoms with E-state index in [0.717, 1.165) is 10.8 Å². The molecule has 3 rings (SSSR count). The SMILES string of the molecule is O=C(NCc1ccccn1)c1csc(-n2cccc2)n1. The summed E-state index contributed by atoms with van der Waals surface area (Å²) in [6.45, 7) is 0.399. The summed E-state index contributed by atoms with van der Waals surface area (Å²) >= 11 is 1.43. The molecule has 1 amide bonds. The predicted octanol–water partition coefficient (Wildman–Crippen LogP) is 2.26. The van der Waals surface area contributed by atoms with Crippen molar-refractivity contribution in [1.29, 1.82) is 0 Å². The molecule has 0 aliphatic rings. The fraction of sp³-hybridized carbons (Fsp3) is 0.0714. The second-order valence-electron chi connectivity index (χ2n) is 4.11. The van der Waals surface area contributed by atoms with Gasteiger partial charge in [-0.3, -0.25) is 9.78 Å². The highest BCUT2D eigenvalue weighted by Crippen LogP contribution is 2.14. The highest BCUT2D eigenvalue weighted by atomic mass is 32.1. The molecule has 1 N–H and O–H groups in total. The van der Waals surface area contributed by atoms with E-state index in [9.17, 15) is 4.79 Å². The van der Waals surface area contributed by atoms with Crippen molar-refractivity contribution in [2.75, 3.05) is 0 Å². The Bertz CT molecular complexity index is 691. The molecule has 0 unspecified atom stereocenters. The van der Waals surface area contributed by atoms with Crippen molar-refractivity contribution in [3.8, 4) is 5.13 Å². The summed E-state index contributed by atoms with van der Waals surface area (Å²) in [5, 5.41) is 5.34. The van der Waals surface area contributed by atoms with Gasteiger partial charge in [-0.25, -0.2) is 4.98 Å². The Hall–Kier alpha value is -2.47. The Morgan fingerprint density at radius 2 is 2.10 bits per heavy atom. The number of carbonyl (C=O) groups excluding carboxylic acids is 1. The lowest BCUT2D eigenvalue weighted by atomic mass is 10.3. The minimum absolute atomic E-state index is 0.190. The molecule has 0 aromatic carbocycles. The maximum absolute atomic E-state index is 12.0. The molecule has 0 aliphatic heterocycles. The van der Waals surface area contributed by atoms with Gasteiger partial charge in [0, 0.05) is 24.0 Å². The van der Waals surface area contributed by atoms with Crippen LogP contribution in [0, 0.1) is 0 Å². The molecule has 6 heteroatoms. The first-order valence-corrected chi connectivity index (χ1v) is 6.98. The maximum Gasteiger partial charge on any atom is 0.271 e. The smallest absolute Gasteiger partial charge is 0.271 e. The van der Waals surface area contributed by atoms with Crippen LogP contribution >= 0.6 is 11.3 Å². The fourth-order valence-corrected chi connectivity index (χ4v) is 2.48. The normalized spacial score (nSPS) is 10.4. The van der Waals surface area contributed by atoms with Crippen molar-refractivity contribution in [3.63, 3.8) is 0 Å². The molecule has 0 saturated heterocycles. The maximum atomic E-state index is 12.0. The third-order valence-electron chi connectivity index (χ3n) is 2.71. The zero-order valence-corrected chi connectivity index (χ0v) is 11.4. The first-order chi connectivity index (χ1) is 9.83. The number of nitrogens with one attached hydrogen (secondary N) is 1. The number of rotatable bonds is 4. The number of thiazole rings is 1. The highest BCUT2D eigenvalue weighted by molar-refractivity contribution is 7.12. The van der Waals surface area contributed by atoms with Crippen LogP contribution in [0.4, 0.5) is 0 Å². The number of hydrogen-bond acceptors (Lipinski definition) is 4. The molecular weight excluding hydrogens is 272 g/mol. The number of carbonyl (C=O) groups is 1. The third-order valence-corrected chi connectivity index (χ3v) is 3.56. The number of aromatic nitrogens is 3. The van der Waals surface area contributed by atoms with E-state index in [4.69, 9.17) is 0 Å². The standard InChI is InChI=1S/C14H12N4OS/c19-13(16-9-11-5-1-2-6-15-11)12-10-20-14(17-12)18-7-3-4-8-18/h1-8,10H,9H2,(H,16,19). The fourth-order valence-electron chi connectivity index (χ4n) is 1.71. The molecule has 3 aromatic heterocycles. The minimum atomic E-state index is -0.190. The molecule has 5 nitrogen and oxygen atoms in total. The first kappa shape index (κ1) is 12.6. The van der Waals surface area contributed by atoms with E-state index in [2.05, 4.69) is 15.3 Å². The third kappa shape index (κ3) is 2.75. The Morgan fingerprint density at radius 1 is 1.25 bits per heavy atom. The second kappa shape index (κ2) is 5.66. The lowest BCUT2D eigenvalue weighted by Crippen LogP contribution is -2.23. The average Bonchev–Trinajstić information content (AvgIpc) is 3.16. The molecule has 0 spiro atoms. The Kier molecular flexibility index (Phi) is 3.56. The van der Waals surface area contributed by atoms with E-state index in [-0.39, 0.29) is 5.91 Å². The zero-order chi connectivity index (χ0) is 13.8. The van der Waals surface area contributed by atoms with Gasteiger partial charge in [-0.05, 0) is 24.3 Å². The topological polar surface area (TPSA) is 59.8 Å². The number of amides is 1. The molecule has 20 heavy (non-hydrogen) atoms. The molecule has 3 heterocycles. The van der Waals surface area contributed by atoms with Gasteiger partial charge in [-0.1, -0.05) is 6.07 Å². The minimum Gasteiger partial charge on any atom is -0.345 e. The Labute approximate surface area is 119 Å². The zero-order valence-electron chi connectivity index (χ0n) is 10.6.